The van der Waals surface area contributed by atoms with E-state index in [0.29, 0.717) is 39.9 Å². The van der Waals surface area contributed by atoms with Gasteiger partial charge in [-0.15, -0.1) is 16.4 Å². The Hall–Kier alpha value is -3.79. The molecule has 0 spiro atoms. The molecule has 0 N–H and O–H groups in total. The first-order valence-corrected chi connectivity index (χ1v) is 10.8. The van der Waals surface area contributed by atoms with E-state index in [1.54, 1.807) is 47.5 Å². The summed E-state index contributed by atoms with van der Waals surface area (Å²) < 4.78 is 12.6. The number of benzene rings is 2. The van der Waals surface area contributed by atoms with Crippen LogP contribution in [0.2, 0.25) is 0 Å². The molecule has 0 radical (unpaired) electrons. The Bertz CT molecular complexity index is 1280. The molecule has 4 rings (SSSR count). The number of carbonyl (C=O) groups is 2. The largest absolute Gasteiger partial charge is 0.495 e. The Morgan fingerprint density at radius 1 is 1.19 bits per heavy atom. The van der Waals surface area contributed by atoms with Crippen LogP contribution in [0.5, 0.6) is 5.75 Å². The highest BCUT2D eigenvalue weighted by atomic mass is 32.1. The van der Waals surface area contributed by atoms with E-state index in [2.05, 4.69) is 15.3 Å². The molecule has 0 saturated heterocycles. The van der Waals surface area contributed by atoms with Crippen molar-refractivity contribution in [2.75, 3.05) is 12.0 Å². The normalized spacial score (nSPS) is 10.8. The van der Waals surface area contributed by atoms with Gasteiger partial charge in [0.25, 0.3) is 0 Å². The van der Waals surface area contributed by atoms with Crippen LogP contribution >= 0.6 is 11.3 Å². The smallest absolute Gasteiger partial charge is 0.338 e. The summed E-state index contributed by atoms with van der Waals surface area (Å²) in [7, 11) is 1.55. The summed E-state index contributed by atoms with van der Waals surface area (Å²) >= 11 is 1.28. The van der Waals surface area contributed by atoms with E-state index in [1.807, 2.05) is 19.1 Å². The van der Waals surface area contributed by atoms with Gasteiger partial charge in [-0.25, -0.2) is 14.5 Å². The fraction of sp³-hybridized carbons (Fsp3) is 0.227. The second-order valence-electron chi connectivity index (χ2n) is 6.83. The molecular formula is C22H21N5O4S. The zero-order valence-electron chi connectivity index (χ0n) is 17.8. The van der Waals surface area contributed by atoms with Crippen LogP contribution in [0, 0.1) is 0 Å². The lowest BCUT2D eigenvalue weighted by Gasteiger charge is -2.20. The third kappa shape index (κ3) is 4.17. The zero-order valence-corrected chi connectivity index (χ0v) is 18.6. The van der Waals surface area contributed by atoms with E-state index in [0.717, 1.165) is 5.52 Å². The SMILES string of the molecule is CCn1nnc2cc(C(=O)OCc3csc(N(C(C)=O)c4ccccc4OC)n3)ccc21. The molecular weight excluding hydrogens is 430 g/mol. The number of hydrogen-bond donors (Lipinski definition) is 0. The summed E-state index contributed by atoms with van der Waals surface area (Å²) in [6, 6.07) is 12.3. The highest BCUT2D eigenvalue weighted by Gasteiger charge is 2.21. The molecule has 2 heterocycles. The molecule has 1 amide bonds. The Balaban J connectivity index is 1.49. The van der Waals surface area contributed by atoms with Crippen molar-refractivity contribution in [1.29, 1.82) is 0 Å². The first kappa shape index (κ1) is 21.4. The number of anilines is 2. The van der Waals surface area contributed by atoms with Gasteiger partial charge in [0.05, 0.1) is 29.6 Å². The van der Waals surface area contributed by atoms with E-state index >= 15 is 0 Å². The zero-order chi connectivity index (χ0) is 22.7. The van der Waals surface area contributed by atoms with Crippen molar-refractivity contribution < 1.29 is 19.1 Å². The number of thiazole rings is 1. The monoisotopic (exact) mass is 451 g/mol. The maximum absolute atomic E-state index is 12.5. The molecule has 0 fully saturated rings. The van der Waals surface area contributed by atoms with Crippen molar-refractivity contribution in [3.8, 4) is 5.75 Å². The summed E-state index contributed by atoms with van der Waals surface area (Å²) in [5.41, 5.74) is 3.00. The molecule has 0 atom stereocenters. The van der Waals surface area contributed by atoms with Gasteiger partial charge >= 0.3 is 5.97 Å². The Labute approximate surface area is 188 Å². The van der Waals surface area contributed by atoms with Crippen LogP contribution < -0.4 is 9.64 Å². The van der Waals surface area contributed by atoms with Crippen LogP contribution in [0.15, 0.2) is 47.8 Å². The average molecular weight is 452 g/mol. The third-order valence-electron chi connectivity index (χ3n) is 4.77. The number of nitrogens with zero attached hydrogens (tertiary/aromatic N) is 5. The molecule has 0 aliphatic carbocycles. The molecule has 0 aliphatic rings. The molecule has 0 aliphatic heterocycles. The first-order chi connectivity index (χ1) is 15.5. The van der Waals surface area contributed by atoms with Gasteiger partial charge in [0.2, 0.25) is 5.91 Å². The summed E-state index contributed by atoms with van der Waals surface area (Å²) in [6.45, 7) is 4.10. The van der Waals surface area contributed by atoms with Gasteiger partial charge in [-0.3, -0.25) is 9.69 Å². The fourth-order valence-electron chi connectivity index (χ4n) is 3.24. The average Bonchev–Trinajstić information content (AvgIpc) is 3.44. The van der Waals surface area contributed by atoms with Crippen LogP contribution in [0.1, 0.15) is 29.9 Å². The van der Waals surface area contributed by atoms with E-state index in [-0.39, 0.29) is 12.5 Å². The summed E-state index contributed by atoms with van der Waals surface area (Å²) in [5, 5.41) is 10.3. The van der Waals surface area contributed by atoms with Crippen LogP contribution in [-0.2, 0) is 22.7 Å². The van der Waals surface area contributed by atoms with Crippen molar-refractivity contribution in [1.82, 2.24) is 20.0 Å². The van der Waals surface area contributed by atoms with Crippen molar-refractivity contribution in [2.45, 2.75) is 27.0 Å². The second kappa shape index (κ2) is 9.15. The molecule has 10 heteroatoms. The van der Waals surface area contributed by atoms with Crippen LogP contribution in [0.4, 0.5) is 10.8 Å². The number of methoxy groups -OCH3 is 1. The molecule has 32 heavy (non-hydrogen) atoms. The lowest BCUT2D eigenvalue weighted by Crippen LogP contribution is -2.23. The minimum Gasteiger partial charge on any atom is -0.495 e. The van der Waals surface area contributed by atoms with Gasteiger partial charge in [-0.1, -0.05) is 17.3 Å². The van der Waals surface area contributed by atoms with Gasteiger partial charge in [0.1, 0.15) is 17.9 Å². The lowest BCUT2D eigenvalue weighted by molar-refractivity contribution is -0.115. The highest BCUT2D eigenvalue weighted by molar-refractivity contribution is 7.14. The predicted octanol–water partition coefficient (Wildman–Crippen LogP) is 3.96. The first-order valence-electron chi connectivity index (χ1n) is 9.90. The Morgan fingerprint density at radius 3 is 2.75 bits per heavy atom. The van der Waals surface area contributed by atoms with Crippen molar-refractivity contribution >= 4 is 45.1 Å². The second-order valence-corrected chi connectivity index (χ2v) is 7.67. The molecule has 4 aromatic rings. The third-order valence-corrected chi connectivity index (χ3v) is 5.65. The number of aromatic nitrogens is 4. The minimum absolute atomic E-state index is 0.0211. The van der Waals surface area contributed by atoms with Gasteiger partial charge in [-0.05, 0) is 37.3 Å². The standard InChI is InChI=1S/C22H21N5O4S/c1-4-26-18-10-9-15(11-17(18)24-25-26)21(29)31-12-16-13-32-22(23-16)27(14(2)28)19-7-5-6-8-20(19)30-3/h5-11,13H,4,12H2,1-3H3. The Morgan fingerprint density at radius 2 is 2.00 bits per heavy atom. The van der Waals surface area contributed by atoms with Crippen LogP contribution in [0.3, 0.4) is 0 Å². The number of fused-ring (bicyclic) bond motifs is 1. The van der Waals surface area contributed by atoms with Gasteiger partial charge in [-0.2, -0.15) is 0 Å². The van der Waals surface area contributed by atoms with E-state index in [1.165, 1.54) is 23.2 Å². The number of para-hydroxylation sites is 2. The highest BCUT2D eigenvalue weighted by Crippen LogP contribution is 2.35. The van der Waals surface area contributed by atoms with Gasteiger partial charge < -0.3 is 9.47 Å². The molecule has 9 nitrogen and oxygen atoms in total. The number of esters is 1. The van der Waals surface area contributed by atoms with Crippen molar-refractivity contribution in [3.63, 3.8) is 0 Å². The molecule has 0 saturated carbocycles. The predicted molar refractivity (Wildman–Crippen MR) is 120 cm³/mol. The summed E-state index contributed by atoms with van der Waals surface area (Å²) in [5.74, 6) is -0.136. The number of aryl methyl sites for hydroxylation is 1. The number of hydrogen-bond acceptors (Lipinski definition) is 8. The van der Waals surface area contributed by atoms with Crippen LogP contribution in [-0.4, -0.2) is 39.0 Å². The summed E-state index contributed by atoms with van der Waals surface area (Å²) in [4.78, 5) is 30.8. The number of ether oxygens (including phenoxy) is 2. The number of amides is 1. The maximum atomic E-state index is 12.5. The summed E-state index contributed by atoms with van der Waals surface area (Å²) in [6.07, 6.45) is 0. The van der Waals surface area contributed by atoms with Gasteiger partial charge in [0, 0.05) is 18.8 Å². The minimum atomic E-state index is -0.486. The lowest BCUT2D eigenvalue weighted by atomic mass is 10.2. The van der Waals surface area contributed by atoms with Crippen molar-refractivity contribution in [3.05, 3.63) is 59.1 Å². The Kier molecular flexibility index (Phi) is 6.13. The fourth-order valence-corrected chi connectivity index (χ4v) is 4.11. The quantitative estimate of drug-likeness (QED) is 0.392. The van der Waals surface area contributed by atoms with E-state index < -0.39 is 5.97 Å². The van der Waals surface area contributed by atoms with E-state index in [9.17, 15) is 9.59 Å². The molecule has 0 unspecified atom stereocenters. The van der Waals surface area contributed by atoms with E-state index in [4.69, 9.17) is 9.47 Å². The van der Waals surface area contributed by atoms with Crippen molar-refractivity contribution in [2.24, 2.45) is 0 Å². The topological polar surface area (TPSA) is 99.4 Å². The maximum Gasteiger partial charge on any atom is 0.338 e. The van der Waals surface area contributed by atoms with Crippen LogP contribution in [0.25, 0.3) is 11.0 Å². The molecule has 0 bridgehead atoms. The number of rotatable bonds is 7. The molecule has 2 aromatic carbocycles. The number of carbonyl (C=O) groups excluding carboxylic acids is 2. The molecule has 2 aromatic heterocycles. The molecule has 164 valence electrons. The van der Waals surface area contributed by atoms with Gasteiger partial charge in [0.15, 0.2) is 5.13 Å².